The third-order valence-electron chi connectivity index (χ3n) is 6.21. The van der Waals surface area contributed by atoms with Crippen LogP contribution in [0.15, 0.2) is 53.4 Å². The maximum atomic E-state index is 13.1. The molecule has 0 bridgehead atoms. The van der Waals surface area contributed by atoms with Crippen molar-refractivity contribution in [3.05, 3.63) is 54.3 Å². The standard InChI is InChI=1S/C24H30FN3O4S/c25-20-5-7-21(8-6-20)26-15-17-27(18-16-26)24(29)19-32-22-9-11-23(12-10-22)33(30,31)28-13-3-1-2-4-14-28/h5-12H,1-4,13-19H2. The monoisotopic (exact) mass is 475 g/mol. The quantitative estimate of drug-likeness (QED) is 0.642. The van der Waals surface area contributed by atoms with Gasteiger partial charge in [0.2, 0.25) is 10.0 Å². The molecule has 2 aromatic rings. The van der Waals surface area contributed by atoms with Gasteiger partial charge in [0.1, 0.15) is 11.6 Å². The molecular weight excluding hydrogens is 445 g/mol. The van der Waals surface area contributed by atoms with Crippen LogP contribution in [0.2, 0.25) is 0 Å². The Hall–Kier alpha value is -2.65. The topological polar surface area (TPSA) is 70.2 Å². The Morgan fingerprint density at radius 3 is 2.03 bits per heavy atom. The number of benzene rings is 2. The number of nitrogens with zero attached hydrogens (tertiary/aromatic N) is 3. The van der Waals surface area contributed by atoms with Crippen LogP contribution in [-0.4, -0.2) is 69.4 Å². The molecule has 2 saturated heterocycles. The van der Waals surface area contributed by atoms with Crippen molar-refractivity contribution in [1.82, 2.24) is 9.21 Å². The van der Waals surface area contributed by atoms with Crippen LogP contribution in [0.4, 0.5) is 10.1 Å². The summed E-state index contributed by atoms with van der Waals surface area (Å²) in [5.41, 5.74) is 0.940. The molecule has 2 aliphatic rings. The molecule has 0 atom stereocenters. The van der Waals surface area contributed by atoms with E-state index in [1.165, 1.54) is 12.1 Å². The zero-order valence-electron chi connectivity index (χ0n) is 18.7. The van der Waals surface area contributed by atoms with Crippen LogP contribution in [0.3, 0.4) is 0 Å². The van der Waals surface area contributed by atoms with E-state index >= 15 is 0 Å². The first-order chi connectivity index (χ1) is 15.9. The third kappa shape index (κ3) is 5.83. The van der Waals surface area contributed by atoms with Gasteiger partial charge in [0.05, 0.1) is 4.90 Å². The minimum atomic E-state index is -3.50. The molecule has 2 heterocycles. The fraction of sp³-hybridized carbons (Fsp3) is 0.458. The van der Waals surface area contributed by atoms with Gasteiger partial charge in [-0.1, -0.05) is 12.8 Å². The number of carbonyl (C=O) groups is 1. The van der Waals surface area contributed by atoms with Crippen molar-refractivity contribution in [2.24, 2.45) is 0 Å². The van der Waals surface area contributed by atoms with Crippen LogP contribution in [0, 0.1) is 5.82 Å². The molecule has 0 saturated carbocycles. The molecule has 9 heteroatoms. The van der Waals surface area contributed by atoms with E-state index in [1.807, 2.05) is 0 Å². The second-order valence-corrected chi connectivity index (χ2v) is 10.4. The lowest BCUT2D eigenvalue weighted by Gasteiger charge is -2.36. The van der Waals surface area contributed by atoms with Crippen molar-refractivity contribution in [3.63, 3.8) is 0 Å². The molecule has 0 spiro atoms. The Balaban J connectivity index is 1.27. The molecule has 4 rings (SSSR count). The molecular formula is C24H30FN3O4S. The van der Waals surface area contributed by atoms with Gasteiger partial charge in [0.25, 0.3) is 5.91 Å². The van der Waals surface area contributed by atoms with Gasteiger partial charge in [-0.3, -0.25) is 4.79 Å². The van der Waals surface area contributed by atoms with E-state index < -0.39 is 10.0 Å². The molecule has 2 fully saturated rings. The predicted octanol–water partition coefficient (Wildman–Crippen LogP) is 3.12. The lowest BCUT2D eigenvalue weighted by Crippen LogP contribution is -2.50. The van der Waals surface area contributed by atoms with Crippen LogP contribution in [-0.2, 0) is 14.8 Å². The maximum Gasteiger partial charge on any atom is 0.260 e. The first-order valence-corrected chi connectivity index (χ1v) is 12.9. The summed E-state index contributed by atoms with van der Waals surface area (Å²) in [6, 6.07) is 12.6. The number of hydrogen-bond acceptors (Lipinski definition) is 5. The van der Waals surface area contributed by atoms with E-state index in [1.54, 1.807) is 45.6 Å². The molecule has 33 heavy (non-hydrogen) atoms. The fourth-order valence-electron chi connectivity index (χ4n) is 4.24. The average Bonchev–Trinajstić information content (AvgIpc) is 3.14. The second kappa shape index (κ2) is 10.5. The number of rotatable bonds is 6. The van der Waals surface area contributed by atoms with E-state index in [0.29, 0.717) is 45.0 Å². The Kier molecular flexibility index (Phi) is 7.49. The number of amides is 1. The van der Waals surface area contributed by atoms with Gasteiger partial charge in [-0.15, -0.1) is 0 Å². The number of sulfonamides is 1. The SMILES string of the molecule is O=C(COc1ccc(S(=O)(=O)N2CCCCCC2)cc1)N1CCN(c2ccc(F)cc2)CC1. The fourth-order valence-corrected chi connectivity index (χ4v) is 5.76. The van der Waals surface area contributed by atoms with E-state index in [-0.39, 0.29) is 23.2 Å². The van der Waals surface area contributed by atoms with E-state index in [0.717, 1.165) is 31.4 Å². The largest absolute Gasteiger partial charge is 0.484 e. The highest BCUT2D eigenvalue weighted by atomic mass is 32.2. The van der Waals surface area contributed by atoms with Crippen molar-refractivity contribution in [3.8, 4) is 5.75 Å². The first kappa shape index (κ1) is 23.5. The minimum Gasteiger partial charge on any atom is -0.484 e. The average molecular weight is 476 g/mol. The Bertz CT molecular complexity index is 1030. The Morgan fingerprint density at radius 1 is 0.818 bits per heavy atom. The van der Waals surface area contributed by atoms with Crippen LogP contribution in [0.25, 0.3) is 0 Å². The van der Waals surface area contributed by atoms with Gasteiger partial charge in [-0.2, -0.15) is 4.31 Å². The maximum absolute atomic E-state index is 13.1. The molecule has 7 nitrogen and oxygen atoms in total. The van der Waals surface area contributed by atoms with Gasteiger partial charge in [0.15, 0.2) is 6.61 Å². The number of halogens is 1. The number of piperazine rings is 1. The summed E-state index contributed by atoms with van der Waals surface area (Å²) in [4.78, 5) is 16.7. The summed E-state index contributed by atoms with van der Waals surface area (Å²) in [6.45, 7) is 3.47. The highest BCUT2D eigenvalue weighted by Gasteiger charge is 2.25. The van der Waals surface area contributed by atoms with E-state index in [2.05, 4.69) is 4.90 Å². The number of hydrogen-bond donors (Lipinski definition) is 0. The van der Waals surface area contributed by atoms with Crippen LogP contribution in [0.5, 0.6) is 5.75 Å². The van der Waals surface area contributed by atoms with Gasteiger partial charge in [0, 0.05) is 45.0 Å². The summed E-state index contributed by atoms with van der Waals surface area (Å²) >= 11 is 0. The molecule has 2 aromatic carbocycles. The van der Waals surface area contributed by atoms with Crippen molar-refractivity contribution < 1.29 is 22.3 Å². The summed E-state index contributed by atoms with van der Waals surface area (Å²) < 4.78 is 46.0. The van der Waals surface area contributed by atoms with Gasteiger partial charge >= 0.3 is 0 Å². The zero-order chi connectivity index (χ0) is 23.3. The molecule has 0 radical (unpaired) electrons. The molecule has 1 amide bonds. The van der Waals surface area contributed by atoms with Crippen LogP contribution >= 0.6 is 0 Å². The lowest BCUT2D eigenvalue weighted by molar-refractivity contribution is -0.133. The molecule has 0 unspecified atom stereocenters. The van der Waals surface area contributed by atoms with Crippen molar-refractivity contribution in [1.29, 1.82) is 0 Å². The minimum absolute atomic E-state index is 0.102. The molecule has 178 valence electrons. The van der Waals surface area contributed by atoms with E-state index in [9.17, 15) is 17.6 Å². The second-order valence-electron chi connectivity index (χ2n) is 8.42. The van der Waals surface area contributed by atoms with Gasteiger partial charge in [-0.25, -0.2) is 12.8 Å². The highest BCUT2D eigenvalue weighted by Crippen LogP contribution is 2.23. The number of anilines is 1. The summed E-state index contributed by atoms with van der Waals surface area (Å²) in [5.74, 6) is 0.0791. The Labute approximate surface area is 194 Å². The normalized spacial score (nSPS) is 18.1. The smallest absolute Gasteiger partial charge is 0.260 e. The van der Waals surface area contributed by atoms with Crippen LogP contribution < -0.4 is 9.64 Å². The number of ether oxygens (including phenoxy) is 1. The molecule has 0 aliphatic carbocycles. The van der Waals surface area contributed by atoms with Crippen LogP contribution in [0.1, 0.15) is 25.7 Å². The number of carbonyl (C=O) groups excluding carboxylic acids is 1. The van der Waals surface area contributed by atoms with Gasteiger partial charge < -0.3 is 14.5 Å². The van der Waals surface area contributed by atoms with Crippen molar-refractivity contribution in [2.45, 2.75) is 30.6 Å². The Morgan fingerprint density at radius 2 is 1.42 bits per heavy atom. The van der Waals surface area contributed by atoms with E-state index in [4.69, 9.17) is 4.74 Å². The first-order valence-electron chi connectivity index (χ1n) is 11.4. The lowest BCUT2D eigenvalue weighted by atomic mass is 10.2. The van der Waals surface area contributed by atoms with Gasteiger partial charge in [-0.05, 0) is 61.4 Å². The molecule has 0 N–H and O–H groups in total. The van der Waals surface area contributed by atoms with Crippen molar-refractivity contribution in [2.75, 3.05) is 50.8 Å². The zero-order valence-corrected chi connectivity index (χ0v) is 19.5. The molecule has 2 aliphatic heterocycles. The third-order valence-corrected chi connectivity index (χ3v) is 8.13. The highest BCUT2D eigenvalue weighted by molar-refractivity contribution is 7.89. The summed E-state index contributed by atoms with van der Waals surface area (Å²) in [6.07, 6.45) is 3.91. The van der Waals surface area contributed by atoms with Crippen molar-refractivity contribution >= 4 is 21.6 Å². The molecule has 0 aromatic heterocycles. The summed E-state index contributed by atoms with van der Waals surface area (Å²) in [7, 11) is -3.50. The predicted molar refractivity (Wildman–Crippen MR) is 124 cm³/mol. The summed E-state index contributed by atoms with van der Waals surface area (Å²) in [5, 5.41) is 0.